The van der Waals surface area contributed by atoms with E-state index in [9.17, 15) is 43.2 Å². The fourth-order valence-corrected chi connectivity index (χ4v) is 12.9. The zero-order valence-electron chi connectivity index (χ0n) is 61.4. The first-order chi connectivity index (χ1) is 45.3. The van der Waals surface area contributed by atoms with E-state index in [1.165, 1.54) is 193 Å². The summed E-state index contributed by atoms with van der Waals surface area (Å²) in [5.74, 6) is 0.221. The van der Waals surface area contributed by atoms with Crippen LogP contribution in [0.1, 0.15) is 382 Å². The Morgan fingerprint density at radius 2 is 0.543 bits per heavy atom. The molecule has 0 fully saturated rings. The van der Waals surface area contributed by atoms with Crippen molar-refractivity contribution >= 4 is 39.5 Å². The van der Waals surface area contributed by atoms with Crippen LogP contribution in [-0.4, -0.2) is 96.7 Å². The number of unbranched alkanes of at least 4 members (excludes halogenated alkanes) is 39. The van der Waals surface area contributed by atoms with Gasteiger partial charge in [0, 0.05) is 25.7 Å². The molecule has 0 saturated heterocycles. The van der Waals surface area contributed by atoms with Crippen molar-refractivity contribution in [2.24, 2.45) is 17.8 Å². The van der Waals surface area contributed by atoms with Crippen LogP contribution in [0.25, 0.3) is 0 Å². The average molecular weight is 1380 g/mol. The standard InChI is InChI=1S/C75H146O17P2/c1-8-11-12-13-14-15-27-35-42-49-56-72(77)85-63-71(92-75(80)59-52-45-38-31-32-39-46-53-66(4)5)65-90-94(83,84)88-61-69(76)60-87-93(81,82)89-64-70(62-86-73(78)57-50-43-36-30-29-34-41-48-55-68(7)10-3)91-74(79)58-51-44-37-28-25-23-21-19-17-16-18-20-22-24-26-33-40-47-54-67(6)9-2/h66-71,76H,8-65H2,1-7H3,(H,81,82)(H,83,84)/t67?,68?,69-,70-,71-/m1/s1. The fourth-order valence-electron chi connectivity index (χ4n) is 11.4. The summed E-state index contributed by atoms with van der Waals surface area (Å²) >= 11 is 0. The van der Waals surface area contributed by atoms with Crippen molar-refractivity contribution in [3.8, 4) is 0 Å². The Morgan fingerprint density at radius 3 is 0.809 bits per heavy atom. The highest BCUT2D eigenvalue weighted by atomic mass is 31.2. The van der Waals surface area contributed by atoms with Crippen LogP contribution in [-0.2, 0) is 65.4 Å². The first-order valence-electron chi connectivity index (χ1n) is 38.9. The number of phosphoric ester groups is 2. The molecule has 0 aliphatic rings. The molecule has 0 rings (SSSR count). The second kappa shape index (κ2) is 65.7. The van der Waals surface area contributed by atoms with Gasteiger partial charge in [-0.2, -0.15) is 0 Å². The van der Waals surface area contributed by atoms with Crippen molar-refractivity contribution in [2.75, 3.05) is 39.6 Å². The van der Waals surface area contributed by atoms with Crippen LogP contribution in [0.5, 0.6) is 0 Å². The number of rotatable bonds is 73. The summed E-state index contributed by atoms with van der Waals surface area (Å²) in [5, 5.41) is 10.6. The maximum Gasteiger partial charge on any atom is 0.472 e. The Hall–Kier alpha value is -1.94. The van der Waals surface area contributed by atoms with Crippen LogP contribution in [0.4, 0.5) is 0 Å². The quantitative estimate of drug-likeness (QED) is 0.0222. The van der Waals surface area contributed by atoms with Gasteiger partial charge in [0.1, 0.15) is 19.3 Å². The lowest BCUT2D eigenvalue weighted by Crippen LogP contribution is -2.30. The number of aliphatic hydroxyl groups excluding tert-OH is 1. The third kappa shape index (κ3) is 66.0. The number of carbonyl (C=O) groups excluding carboxylic acids is 4. The summed E-state index contributed by atoms with van der Waals surface area (Å²) in [6.07, 6.45) is 51.5. The van der Waals surface area contributed by atoms with E-state index in [4.69, 9.17) is 37.0 Å². The van der Waals surface area contributed by atoms with Gasteiger partial charge in [-0.3, -0.25) is 37.3 Å². The van der Waals surface area contributed by atoms with Gasteiger partial charge in [-0.15, -0.1) is 0 Å². The molecule has 0 aromatic carbocycles. The molecular weight excluding hydrogens is 1230 g/mol. The molecule has 0 aromatic rings. The van der Waals surface area contributed by atoms with Gasteiger partial charge in [-0.1, -0.05) is 331 Å². The third-order valence-corrected chi connectivity index (χ3v) is 20.0. The molecule has 558 valence electrons. The Kier molecular flexibility index (Phi) is 64.3. The van der Waals surface area contributed by atoms with Gasteiger partial charge in [-0.25, -0.2) is 9.13 Å². The highest BCUT2D eigenvalue weighted by Crippen LogP contribution is 2.45. The largest absolute Gasteiger partial charge is 0.472 e. The van der Waals surface area contributed by atoms with E-state index in [1.807, 2.05) is 0 Å². The molecule has 0 amide bonds. The van der Waals surface area contributed by atoms with Gasteiger partial charge in [0.15, 0.2) is 12.2 Å². The van der Waals surface area contributed by atoms with Crippen molar-refractivity contribution in [3.05, 3.63) is 0 Å². The SMILES string of the molecule is CCCCCCCCCCCCC(=O)OC[C@H](COP(=O)(O)OC[C@H](O)COP(=O)(O)OC[C@@H](COC(=O)CCCCCCCCCCC(C)CC)OC(=O)CCCCCCCCCCCCCCCCCCCCC(C)CC)OC(=O)CCCCCCCCCC(C)C. The lowest BCUT2D eigenvalue weighted by Gasteiger charge is -2.21. The summed E-state index contributed by atoms with van der Waals surface area (Å²) in [4.78, 5) is 72.6. The highest BCUT2D eigenvalue weighted by molar-refractivity contribution is 7.47. The van der Waals surface area contributed by atoms with Crippen molar-refractivity contribution in [3.63, 3.8) is 0 Å². The molecule has 0 aliphatic heterocycles. The van der Waals surface area contributed by atoms with Crippen LogP contribution in [0.2, 0.25) is 0 Å². The van der Waals surface area contributed by atoms with Gasteiger partial charge in [0.2, 0.25) is 0 Å². The summed E-state index contributed by atoms with van der Waals surface area (Å²) in [6.45, 7) is 11.9. The van der Waals surface area contributed by atoms with Gasteiger partial charge in [0.25, 0.3) is 0 Å². The Balaban J connectivity index is 5.17. The smallest absolute Gasteiger partial charge is 0.462 e. The minimum absolute atomic E-state index is 0.103. The van der Waals surface area contributed by atoms with Gasteiger partial charge in [0.05, 0.1) is 26.4 Å². The number of aliphatic hydroxyl groups is 1. The summed E-state index contributed by atoms with van der Waals surface area (Å²) in [6, 6.07) is 0. The van der Waals surface area contributed by atoms with Crippen molar-refractivity contribution in [1.82, 2.24) is 0 Å². The Bertz CT molecular complexity index is 1840. The minimum atomic E-state index is -4.96. The van der Waals surface area contributed by atoms with E-state index in [0.717, 1.165) is 102 Å². The van der Waals surface area contributed by atoms with E-state index >= 15 is 0 Å². The van der Waals surface area contributed by atoms with Crippen LogP contribution >= 0.6 is 15.6 Å². The normalized spacial score (nSPS) is 14.7. The topological polar surface area (TPSA) is 237 Å². The van der Waals surface area contributed by atoms with Gasteiger partial charge in [-0.05, 0) is 43.4 Å². The molecule has 0 bridgehead atoms. The van der Waals surface area contributed by atoms with E-state index < -0.39 is 97.5 Å². The molecule has 94 heavy (non-hydrogen) atoms. The highest BCUT2D eigenvalue weighted by Gasteiger charge is 2.30. The van der Waals surface area contributed by atoms with Crippen molar-refractivity contribution in [1.29, 1.82) is 0 Å². The van der Waals surface area contributed by atoms with Gasteiger partial charge < -0.3 is 33.8 Å². The number of hydrogen-bond acceptors (Lipinski definition) is 15. The lowest BCUT2D eigenvalue weighted by atomic mass is 9.99. The predicted molar refractivity (Wildman–Crippen MR) is 381 cm³/mol. The minimum Gasteiger partial charge on any atom is -0.462 e. The maximum absolute atomic E-state index is 13.1. The molecule has 0 radical (unpaired) electrons. The number of ether oxygens (including phenoxy) is 4. The first-order valence-corrected chi connectivity index (χ1v) is 41.9. The molecule has 3 N–H and O–H groups in total. The molecule has 0 saturated carbocycles. The van der Waals surface area contributed by atoms with E-state index in [0.29, 0.717) is 31.6 Å². The maximum atomic E-state index is 13.1. The van der Waals surface area contributed by atoms with Crippen molar-refractivity contribution in [2.45, 2.75) is 401 Å². The molecule has 17 nitrogen and oxygen atoms in total. The van der Waals surface area contributed by atoms with Crippen LogP contribution in [0.15, 0.2) is 0 Å². The van der Waals surface area contributed by atoms with Crippen LogP contribution in [0.3, 0.4) is 0 Å². The Morgan fingerprint density at radius 1 is 0.309 bits per heavy atom. The summed E-state index contributed by atoms with van der Waals surface area (Å²) < 4.78 is 68.4. The van der Waals surface area contributed by atoms with E-state index in [-0.39, 0.29) is 25.7 Å². The summed E-state index contributed by atoms with van der Waals surface area (Å²) in [5.41, 5.74) is 0. The molecule has 0 heterocycles. The summed E-state index contributed by atoms with van der Waals surface area (Å²) in [7, 11) is -9.91. The predicted octanol–water partition coefficient (Wildman–Crippen LogP) is 21.8. The number of carbonyl (C=O) groups is 4. The van der Waals surface area contributed by atoms with Gasteiger partial charge >= 0.3 is 39.5 Å². The molecule has 0 aromatic heterocycles. The average Bonchev–Trinajstić information content (AvgIpc) is 1.60. The fraction of sp³-hybridized carbons (Fsp3) is 0.947. The Labute approximate surface area is 575 Å². The second-order valence-electron chi connectivity index (χ2n) is 28.0. The zero-order valence-corrected chi connectivity index (χ0v) is 63.2. The lowest BCUT2D eigenvalue weighted by molar-refractivity contribution is -0.161. The van der Waals surface area contributed by atoms with E-state index in [1.54, 1.807) is 0 Å². The molecule has 0 spiro atoms. The number of esters is 4. The van der Waals surface area contributed by atoms with E-state index in [2.05, 4.69) is 48.5 Å². The second-order valence-corrected chi connectivity index (χ2v) is 30.9. The molecule has 4 unspecified atom stereocenters. The monoisotopic (exact) mass is 1380 g/mol. The molecule has 0 aliphatic carbocycles. The van der Waals surface area contributed by atoms with Crippen LogP contribution in [0, 0.1) is 17.8 Å². The number of hydrogen-bond donors (Lipinski definition) is 3. The zero-order chi connectivity index (χ0) is 69.4. The molecule has 19 heteroatoms. The first kappa shape index (κ1) is 92.1. The number of phosphoric acid groups is 2. The van der Waals surface area contributed by atoms with Crippen molar-refractivity contribution < 1.29 is 80.2 Å². The molecular formula is C75H146O17P2. The third-order valence-electron chi connectivity index (χ3n) is 18.1. The molecule has 7 atom stereocenters. The van der Waals surface area contributed by atoms with Crippen LogP contribution < -0.4 is 0 Å².